The Morgan fingerprint density at radius 3 is 2.06 bits per heavy atom. The maximum atomic E-state index is 6.95. The van der Waals surface area contributed by atoms with Gasteiger partial charge in [-0.3, -0.25) is 0 Å². The van der Waals surface area contributed by atoms with Gasteiger partial charge in [-0.05, 0) is 62.5 Å². The molecule has 160 valence electrons. The molecule has 0 aliphatic heterocycles. The maximum absolute atomic E-state index is 6.95. The summed E-state index contributed by atoms with van der Waals surface area (Å²) in [5, 5.41) is 8.36. The lowest BCUT2D eigenvalue weighted by Crippen LogP contribution is -1.90. The summed E-state index contributed by atoms with van der Waals surface area (Å²) in [6, 6.07) is 41.2. The van der Waals surface area contributed by atoms with Gasteiger partial charge in [-0.2, -0.15) is 0 Å². The molecule has 1 aromatic heterocycles. The molecule has 0 atom stereocenters. The van der Waals surface area contributed by atoms with Gasteiger partial charge in [0.25, 0.3) is 0 Å². The van der Waals surface area contributed by atoms with Gasteiger partial charge in [0.15, 0.2) is 0 Å². The van der Waals surface area contributed by atoms with Gasteiger partial charge in [0.05, 0.1) is 0 Å². The van der Waals surface area contributed by atoms with E-state index >= 15 is 0 Å². The molecule has 7 aromatic rings. The smallest absolute Gasteiger partial charge is 0.0490 e. The summed E-state index contributed by atoms with van der Waals surface area (Å²) in [6.45, 7) is 0. The van der Waals surface area contributed by atoms with E-state index < -0.39 is 0 Å². The summed E-state index contributed by atoms with van der Waals surface area (Å²) in [4.78, 5) is 0. The van der Waals surface area contributed by atoms with E-state index in [1.54, 1.807) is 0 Å². The zero-order chi connectivity index (χ0) is 22.6. The molecule has 6 aromatic carbocycles. The number of benzene rings is 6. The lowest BCUT2D eigenvalue weighted by molar-refractivity contribution is 1.63. The van der Waals surface area contributed by atoms with E-state index in [0.717, 1.165) is 16.1 Å². The van der Waals surface area contributed by atoms with E-state index in [-0.39, 0.29) is 0 Å². The minimum Gasteiger partial charge on any atom is -0.135 e. The molecule has 0 spiro atoms. The van der Waals surface area contributed by atoms with Crippen molar-refractivity contribution in [1.82, 2.24) is 0 Å². The normalized spacial score (nSPS) is 11.7. The molecule has 0 saturated carbocycles. The quantitative estimate of drug-likeness (QED) is 0.220. The molecule has 0 saturated heterocycles. The van der Waals surface area contributed by atoms with Gasteiger partial charge in [-0.15, -0.1) is 11.3 Å². The van der Waals surface area contributed by atoms with Gasteiger partial charge >= 0.3 is 0 Å². The number of rotatable bonds is 2. The fraction of sp³-hybridized carbons (Fsp3) is 0. The predicted molar refractivity (Wildman–Crippen MR) is 150 cm³/mol. The van der Waals surface area contributed by atoms with Crippen LogP contribution < -0.4 is 0 Å². The summed E-state index contributed by atoms with van der Waals surface area (Å²) in [6.07, 6.45) is 0. The Morgan fingerprint density at radius 2 is 1.18 bits per heavy atom. The Labute approximate surface area is 206 Å². The summed E-state index contributed by atoms with van der Waals surface area (Å²) >= 11 is 8.80. The Balaban J connectivity index is 1.54. The molecule has 0 fully saturated rings. The molecule has 34 heavy (non-hydrogen) atoms. The van der Waals surface area contributed by atoms with E-state index in [1.165, 1.54) is 52.8 Å². The average molecular weight is 471 g/mol. The molecular weight excluding hydrogens is 452 g/mol. The topological polar surface area (TPSA) is 0 Å². The molecule has 0 aliphatic carbocycles. The Bertz CT molecular complexity index is 1880. The van der Waals surface area contributed by atoms with Crippen LogP contribution in [0.2, 0.25) is 5.02 Å². The SMILES string of the molecule is Clc1cccc(-c2ccc3c(c2)sc2ccccc23)c1-c1cc2ccccc2c2ccccc12. The zero-order valence-corrected chi connectivity index (χ0v) is 19.8. The van der Waals surface area contributed by atoms with Gasteiger partial charge in [-0.25, -0.2) is 0 Å². The highest BCUT2D eigenvalue weighted by Crippen LogP contribution is 2.44. The van der Waals surface area contributed by atoms with Crippen molar-refractivity contribution in [2.75, 3.05) is 0 Å². The molecule has 0 nitrogen and oxygen atoms in total. The second-order valence-electron chi connectivity index (χ2n) is 8.66. The van der Waals surface area contributed by atoms with Crippen LogP contribution in [0.15, 0.2) is 115 Å². The largest absolute Gasteiger partial charge is 0.135 e. The van der Waals surface area contributed by atoms with Gasteiger partial charge < -0.3 is 0 Å². The van der Waals surface area contributed by atoms with Crippen LogP contribution in [-0.4, -0.2) is 0 Å². The molecule has 1 heterocycles. The number of halogens is 1. The van der Waals surface area contributed by atoms with Crippen LogP contribution in [0.25, 0.3) is 64.0 Å². The Kier molecular flexibility index (Phi) is 4.48. The van der Waals surface area contributed by atoms with E-state index in [0.29, 0.717) is 0 Å². The monoisotopic (exact) mass is 470 g/mol. The van der Waals surface area contributed by atoms with Crippen molar-refractivity contribution in [1.29, 1.82) is 0 Å². The van der Waals surface area contributed by atoms with Crippen molar-refractivity contribution < 1.29 is 0 Å². The first-order valence-corrected chi connectivity index (χ1v) is 12.6. The van der Waals surface area contributed by atoms with Crippen molar-refractivity contribution in [3.05, 3.63) is 120 Å². The molecule has 0 aliphatic rings. The molecule has 0 N–H and O–H groups in total. The van der Waals surface area contributed by atoms with Crippen molar-refractivity contribution in [2.24, 2.45) is 0 Å². The summed E-state index contributed by atoms with van der Waals surface area (Å²) in [5.41, 5.74) is 4.61. The highest BCUT2D eigenvalue weighted by Gasteiger charge is 2.16. The second-order valence-corrected chi connectivity index (χ2v) is 10.2. The van der Waals surface area contributed by atoms with Crippen LogP contribution in [0, 0.1) is 0 Å². The highest BCUT2D eigenvalue weighted by atomic mass is 35.5. The predicted octanol–water partition coefficient (Wildman–Crippen LogP) is 10.3. The third-order valence-electron chi connectivity index (χ3n) is 6.74. The molecule has 0 bridgehead atoms. The van der Waals surface area contributed by atoms with Crippen molar-refractivity contribution >= 4 is 64.7 Å². The minimum atomic E-state index is 0.773. The number of thiophene rings is 1. The standard InChI is InChI=1S/C32H19ClS/c33-29-14-7-13-23(21-16-17-27-26-12-5-6-15-30(26)34-31(27)19-21)32(29)28-18-20-8-1-2-9-22(20)24-10-3-4-11-25(24)28/h1-19H. The van der Waals surface area contributed by atoms with E-state index in [2.05, 4.69) is 109 Å². The summed E-state index contributed by atoms with van der Waals surface area (Å²) < 4.78 is 2.62. The Morgan fingerprint density at radius 1 is 0.471 bits per heavy atom. The minimum absolute atomic E-state index is 0.773. The van der Waals surface area contributed by atoms with Gasteiger partial charge in [0.2, 0.25) is 0 Å². The van der Waals surface area contributed by atoms with Crippen LogP contribution in [0.5, 0.6) is 0 Å². The van der Waals surface area contributed by atoms with Crippen LogP contribution >= 0.6 is 22.9 Å². The average Bonchev–Trinajstić information content (AvgIpc) is 3.26. The van der Waals surface area contributed by atoms with Crippen LogP contribution in [-0.2, 0) is 0 Å². The lowest BCUT2D eigenvalue weighted by Gasteiger charge is -2.16. The van der Waals surface area contributed by atoms with E-state index in [1.807, 2.05) is 17.4 Å². The van der Waals surface area contributed by atoms with Crippen molar-refractivity contribution in [3.8, 4) is 22.3 Å². The van der Waals surface area contributed by atoms with E-state index in [9.17, 15) is 0 Å². The lowest BCUT2D eigenvalue weighted by atomic mass is 9.89. The molecule has 2 heteroatoms. The summed E-state index contributed by atoms with van der Waals surface area (Å²) in [5.74, 6) is 0. The number of hydrogen-bond donors (Lipinski definition) is 0. The molecule has 0 radical (unpaired) electrons. The number of hydrogen-bond acceptors (Lipinski definition) is 1. The van der Waals surface area contributed by atoms with Crippen molar-refractivity contribution in [3.63, 3.8) is 0 Å². The van der Waals surface area contributed by atoms with Gasteiger partial charge in [0, 0.05) is 30.8 Å². The van der Waals surface area contributed by atoms with Gasteiger partial charge in [-0.1, -0.05) is 103 Å². The first kappa shape index (κ1) is 19.8. The Hall–Kier alpha value is -3.65. The van der Waals surface area contributed by atoms with Crippen molar-refractivity contribution in [2.45, 2.75) is 0 Å². The van der Waals surface area contributed by atoms with Crippen LogP contribution in [0.4, 0.5) is 0 Å². The van der Waals surface area contributed by atoms with Gasteiger partial charge in [0.1, 0.15) is 0 Å². The number of fused-ring (bicyclic) bond motifs is 6. The second kappa shape index (κ2) is 7.70. The molecular formula is C32H19ClS. The fourth-order valence-corrected chi connectivity index (χ4v) is 6.61. The van der Waals surface area contributed by atoms with E-state index in [4.69, 9.17) is 11.6 Å². The molecule has 0 unspecified atom stereocenters. The fourth-order valence-electron chi connectivity index (χ4n) is 5.19. The maximum Gasteiger partial charge on any atom is 0.0490 e. The highest BCUT2D eigenvalue weighted by molar-refractivity contribution is 7.25. The summed E-state index contributed by atoms with van der Waals surface area (Å²) in [7, 11) is 0. The molecule has 0 amide bonds. The molecule has 7 rings (SSSR count). The van der Waals surface area contributed by atoms with Crippen LogP contribution in [0.1, 0.15) is 0 Å². The third-order valence-corrected chi connectivity index (χ3v) is 8.19. The third kappa shape index (κ3) is 2.98. The zero-order valence-electron chi connectivity index (χ0n) is 18.3. The first-order chi connectivity index (χ1) is 16.8. The first-order valence-electron chi connectivity index (χ1n) is 11.4. The van der Waals surface area contributed by atoms with Crippen LogP contribution in [0.3, 0.4) is 0 Å².